The largest absolute Gasteiger partial charge is 0.369 e. The maximum atomic E-state index is 15.0. The number of hydrogen-bond donors (Lipinski definition) is 1. The van der Waals surface area contributed by atoms with Crippen LogP contribution in [0.3, 0.4) is 0 Å². The monoisotopic (exact) mass is 485 g/mol. The van der Waals surface area contributed by atoms with E-state index in [-0.39, 0.29) is 21.9 Å². The molecule has 2 aromatic carbocycles. The van der Waals surface area contributed by atoms with Gasteiger partial charge in [-0.2, -0.15) is 0 Å². The van der Waals surface area contributed by atoms with Crippen LogP contribution in [0.5, 0.6) is 0 Å². The Balaban J connectivity index is 1.54. The number of amides is 3. The summed E-state index contributed by atoms with van der Waals surface area (Å²) >= 11 is 0.666. The average molecular weight is 486 g/mol. The molecule has 2 heterocycles. The highest BCUT2D eigenvalue weighted by molar-refractivity contribution is 8.18. The summed E-state index contributed by atoms with van der Waals surface area (Å²) in [4.78, 5) is 40.4. The fraction of sp³-hybridized carbons (Fsp3) is 0.320. The molecule has 2 aromatic rings. The van der Waals surface area contributed by atoms with Crippen molar-refractivity contribution in [2.75, 3.05) is 23.8 Å². The lowest BCUT2D eigenvalue weighted by atomic mass is 9.80. The van der Waals surface area contributed by atoms with E-state index in [1.807, 2.05) is 7.05 Å². The lowest BCUT2D eigenvalue weighted by Crippen LogP contribution is -2.45. The van der Waals surface area contributed by atoms with Crippen LogP contribution in [-0.2, 0) is 9.59 Å². The predicted molar refractivity (Wildman–Crippen MR) is 130 cm³/mol. The van der Waals surface area contributed by atoms with E-state index in [4.69, 9.17) is 0 Å². The van der Waals surface area contributed by atoms with E-state index in [1.165, 1.54) is 36.4 Å². The number of hydrogen-bond acceptors (Lipinski definition) is 5. The molecule has 34 heavy (non-hydrogen) atoms. The maximum absolute atomic E-state index is 15.0. The minimum atomic E-state index is -0.660. The van der Waals surface area contributed by atoms with E-state index >= 15 is 4.39 Å². The molecule has 9 heteroatoms. The molecule has 1 fully saturated rings. The molecule has 1 saturated heterocycles. The molecule has 0 spiro atoms. The number of anilines is 2. The van der Waals surface area contributed by atoms with E-state index in [0.717, 1.165) is 22.6 Å². The third-order valence-electron chi connectivity index (χ3n) is 6.34. The Morgan fingerprint density at radius 3 is 2.56 bits per heavy atom. The van der Waals surface area contributed by atoms with Gasteiger partial charge in [0.2, 0.25) is 5.91 Å². The molecule has 4 rings (SSSR count). The van der Waals surface area contributed by atoms with Gasteiger partial charge in [0.05, 0.1) is 4.91 Å². The maximum Gasteiger partial charge on any atom is 0.294 e. The molecule has 0 aromatic heterocycles. The van der Waals surface area contributed by atoms with Crippen LogP contribution in [0.1, 0.15) is 44.2 Å². The molecule has 0 aliphatic carbocycles. The quantitative estimate of drug-likeness (QED) is 0.591. The number of carbonyl (C=O) groups is 3. The molecule has 2 aliphatic rings. The first kappa shape index (κ1) is 23.9. The number of imide groups is 1. The topological polar surface area (TPSA) is 69.7 Å². The van der Waals surface area contributed by atoms with Crippen LogP contribution in [-0.4, -0.2) is 41.1 Å². The van der Waals surface area contributed by atoms with Crippen molar-refractivity contribution in [1.29, 1.82) is 0 Å². The molecule has 1 unspecified atom stereocenters. The Morgan fingerprint density at radius 2 is 1.88 bits per heavy atom. The first-order valence-corrected chi connectivity index (χ1v) is 11.7. The summed E-state index contributed by atoms with van der Waals surface area (Å²) in [5.41, 5.74) is 2.24. The van der Waals surface area contributed by atoms with Crippen LogP contribution in [0.2, 0.25) is 0 Å². The van der Waals surface area contributed by atoms with Gasteiger partial charge in [0.15, 0.2) is 0 Å². The molecule has 3 amide bonds. The zero-order chi connectivity index (χ0) is 24.8. The Bertz CT molecular complexity index is 1210. The lowest BCUT2D eigenvalue weighted by Gasteiger charge is -2.45. The fourth-order valence-corrected chi connectivity index (χ4v) is 5.20. The minimum Gasteiger partial charge on any atom is -0.369 e. The van der Waals surface area contributed by atoms with Crippen molar-refractivity contribution in [3.63, 3.8) is 0 Å². The summed E-state index contributed by atoms with van der Waals surface area (Å²) in [5, 5.41) is 1.90. The summed E-state index contributed by atoms with van der Waals surface area (Å²) in [6.45, 7) is 5.81. The third-order valence-corrected chi connectivity index (χ3v) is 7.25. The van der Waals surface area contributed by atoms with Gasteiger partial charge in [0.1, 0.15) is 18.2 Å². The number of benzene rings is 2. The Labute approximate surface area is 201 Å². The molecular weight excluding hydrogens is 460 g/mol. The molecule has 2 aliphatic heterocycles. The molecule has 1 N–H and O–H groups in total. The van der Waals surface area contributed by atoms with Crippen LogP contribution in [0.25, 0.3) is 6.08 Å². The highest BCUT2D eigenvalue weighted by Gasteiger charge is 2.37. The van der Waals surface area contributed by atoms with Crippen molar-refractivity contribution in [3.05, 3.63) is 64.1 Å². The Hall–Kier alpha value is -3.20. The number of fused-ring (bicyclic) bond motifs is 1. The van der Waals surface area contributed by atoms with Crippen LogP contribution in [0.4, 0.5) is 25.0 Å². The van der Waals surface area contributed by atoms with Crippen LogP contribution >= 0.6 is 11.8 Å². The molecule has 0 radical (unpaired) electrons. The predicted octanol–water partition coefficient (Wildman–Crippen LogP) is 5.36. The first-order chi connectivity index (χ1) is 16.0. The molecule has 1 atom stereocenters. The molecule has 0 bridgehead atoms. The second kappa shape index (κ2) is 8.87. The van der Waals surface area contributed by atoms with Crippen LogP contribution in [0.15, 0.2) is 41.3 Å². The standard InChI is InChI=1S/C25H25F2N3O3S/c1-14-12-25(2,3)29(4)20-11-19(27)15(9-18(14)20)10-21-23(32)30(24(33)34-21)13-22(31)28-17-7-5-16(26)6-8-17/h5-11,14H,12-13H2,1-4H3,(H,28,31)/b21-10+. The summed E-state index contributed by atoms with van der Waals surface area (Å²) in [6, 6.07) is 8.32. The highest BCUT2D eigenvalue weighted by atomic mass is 32.2. The number of thioether (sulfide) groups is 1. The van der Waals surface area contributed by atoms with Gasteiger partial charge in [-0.05, 0) is 86.0 Å². The van der Waals surface area contributed by atoms with Crippen molar-refractivity contribution in [2.24, 2.45) is 0 Å². The van der Waals surface area contributed by atoms with Crippen molar-refractivity contribution in [1.82, 2.24) is 4.90 Å². The van der Waals surface area contributed by atoms with Gasteiger partial charge in [-0.25, -0.2) is 8.78 Å². The molecule has 6 nitrogen and oxygen atoms in total. The number of nitrogens with zero attached hydrogens (tertiary/aromatic N) is 2. The van der Waals surface area contributed by atoms with E-state index < -0.39 is 35.2 Å². The first-order valence-electron chi connectivity index (χ1n) is 10.8. The molecule has 0 saturated carbocycles. The summed E-state index contributed by atoms with van der Waals surface area (Å²) in [7, 11) is 1.94. The van der Waals surface area contributed by atoms with Gasteiger partial charge >= 0.3 is 0 Å². The number of halogens is 2. The highest BCUT2D eigenvalue weighted by Crippen LogP contribution is 2.44. The van der Waals surface area contributed by atoms with Gasteiger partial charge in [-0.3, -0.25) is 19.3 Å². The van der Waals surface area contributed by atoms with Crippen LogP contribution in [0, 0.1) is 11.6 Å². The third kappa shape index (κ3) is 4.57. The van der Waals surface area contributed by atoms with Crippen molar-refractivity contribution in [2.45, 2.75) is 38.6 Å². The summed E-state index contributed by atoms with van der Waals surface area (Å²) < 4.78 is 28.0. The van der Waals surface area contributed by atoms with Gasteiger partial charge < -0.3 is 10.2 Å². The van der Waals surface area contributed by atoms with Gasteiger partial charge in [-0.1, -0.05) is 6.92 Å². The SMILES string of the molecule is CC1CC(C)(C)N(C)c2cc(F)c(/C=C3/SC(=O)N(CC(=O)Nc4ccc(F)cc4)C3=O)cc21. The van der Waals surface area contributed by atoms with E-state index in [0.29, 0.717) is 17.4 Å². The normalized spacial score (nSPS) is 20.6. The minimum absolute atomic E-state index is 0.0515. The average Bonchev–Trinajstić information content (AvgIpc) is 3.02. The fourth-order valence-electron chi connectivity index (χ4n) is 4.37. The van der Waals surface area contributed by atoms with Crippen molar-refractivity contribution < 1.29 is 23.2 Å². The van der Waals surface area contributed by atoms with Crippen molar-refractivity contribution >= 4 is 46.3 Å². The van der Waals surface area contributed by atoms with Crippen molar-refractivity contribution in [3.8, 4) is 0 Å². The number of carbonyl (C=O) groups excluding carboxylic acids is 3. The summed E-state index contributed by atoms with van der Waals surface area (Å²) in [5.74, 6) is -2.01. The van der Waals surface area contributed by atoms with Gasteiger partial charge in [-0.15, -0.1) is 0 Å². The lowest BCUT2D eigenvalue weighted by molar-refractivity contribution is -0.127. The second-order valence-electron chi connectivity index (χ2n) is 9.23. The van der Waals surface area contributed by atoms with Gasteiger partial charge in [0.25, 0.3) is 11.1 Å². The molecular formula is C25H25F2N3O3S. The van der Waals surface area contributed by atoms with E-state index in [1.54, 1.807) is 6.07 Å². The Morgan fingerprint density at radius 1 is 1.21 bits per heavy atom. The molecule has 178 valence electrons. The van der Waals surface area contributed by atoms with E-state index in [9.17, 15) is 18.8 Å². The zero-order valence-electron chi connectivity index (χ0n) is 19.3. The van der Waals surface area contributed by atoms with Crippen LogP contribution < -0.4 is 10.2 Å². The van der Waals surface area contributed by atoms with Gasteiger partial charge in [0, 0.05) is 29.5 Å². The number of nitrogens with one attached hydrogen (secondary N) is 1. The Kier molecular flexibility index (Phi) is 6.24. The second-order valence-corrected chi connectivity index (χ2v) is 10.2. The smallest absolute Gasteiger partial charge is 0.294 e. The van der Waals surface area contributed by atoms with E-state index in [2.05, 4.69) is 31.0 Å². The summed E-state index contributed by atoms with van der Waals surface area (Å²) in [6.07, 6.45) is 2.26. The zero-order valence-corrected chi connectivity index (χ0v) is 20.1. The number of rotatable bonds is 4.